The fourth-order valence-electron chi connectivity index (χ4n) is 7.84. The van der Waals surface area contributed by atoms with Gasteiger partial charge in [-0.2, -0.15) is 0 Å². The minimum absolute atomic E-state index is 0.0514. The van der Waals surface area contributed by atoms with Crippen LogP contribution in [-0.2, 0) is 14.3 Å². The van der Waals surface area contributed by atoms with E-state index in [9.17, 15) is 29.4 Å². The van der Waals surface area contributed by atoms with E-state index in [1.807, 2.05) is 19.9 Å². The molecule has 4 heterocycles. The summed E-state index contributed by atoms with van der Waals surface area (Å²) < 4.78 is 22.7. The van der Waals surface area contributed by atoms with Crippen LogP contribution in [0.3, 0.4) is 0 Å². The van der Waals surface area contributed by atoms with Crippen LogP contribution >= 0.6 is 0 Å². The van der Waals surface area contributed by atoms with Crippen LogP contribution in [0.4, 0.5) is 0 Å². The Morgan fingerprint density at radius 2 is 1.65 bits per heavy atom. The van der Waals surface area contributed by atoms with Crippen LogP contribution in [0.15, 0.2) is 54.1 Å². The molecule has 2 unspecified atom stereocenters. The maximum absolute atomic E-state index is 14.6. The molecule has 1 aromatic heterocycles. The fraction of sp³-hybridized carbons (Fsp3) is 0.333. The Bertz CT molecular complexity index is 2200. The number of ether oxygens (including phenoxy) is 4. The van der Waals surface area contributed by atoms with Crippen molar-refractivity contribution in [1.29, 1.82) is 0 Å². The third-order valence-electron chi connectivity index (χ3n) is 10.0. The van der Waals surface area contributed by atoms with E-state index in [1.165, 1.54) is 25.2 Å². The number of hydrogen-bond donors (Lipinski definition) is 3. The number of aromatic amines is 1. The molecule has 0 aliphatic carbocycles. The molecule has 13 heteroatoms. The van der Waals surface area contributed by atoms with Crippen molar-refractivity contribution < 1.29 is 48.3 Å². The second-order valence-corrected chi connectivity index (χ2v) is 13.5. The number of benzene rings is 3. The lowest BCUT2D eigenvalue weighted by Gasteiger charge is -2.50. The number of phenols is 2. The van der Waals surface area contributed by atoms with Gasteiger partial charge in [-0.3, -0.25) is 14.4 Å². The molecular weight excluding hydrogens is 670 g/mol. The van der Waals surface area contributed by atoms with Crippen molar-refractivity contribution >= 4 is 34.5 Å². The van der Waals surface area contributed by atoms with Gasteiger partial charge in [0, 0.05) is 40.8 Å². The van der Waals surface area contributed by atoms with Crippen molar-refractivity contribution in [1.82, 2.24) is 14.8 Å². The largest absolute Gasteiger partial charge is 0.508 e. The highest BCUT2D eigenvalue weighted by Crippen LogP contribution is 2.49. The number of aryl methyl sites for hydroxylation is 1. The summed E-state index contributed by atoms with van der Waals surface area (Å²) in [6.45, 7) is 5.90. The van der Waals surface area contributed by atoms with Crippen LogP contribution < -0.4 is 14.2 Å². The standard InChI is InChI=1S/C39H39N3O10/c1-18(2)12-26-33-31(22-10-9-21(49-4)17-24(22)40-33)36(34-38(47)41-11-7-8-25(41)37(46)42(26)34)52-39(48)23-15-20(43)16-29(51-6)30(23)35(45)32-27(44)13-19(3)14-28(32)50-5/h9-10,12-17,25-26,34,36,40,43-44H,7-8,11H2,1-6H3/t25?,26-,34?,36-/m0/s1. The minimum atomic E-state index is -1.34. The number of carbonyl (C=O) groups is 4. The van der Waals surface area contributed by atoms with Crippen molar-refractivity contribution in [3.05, 3.63) is 87.6 Å². The highest BCUT2D eigenvalue weighted by Gasteiger charge is 2.57. The third-order valence-corrected chi connectivity index (χ3v) is 10.0. The van der Waals surface area contributed by atoms with E-state index in [4.69, 9.17) is 18.9 Å². The van der Waals surface area contributed by atoms with Crippen LogP contribution in [0.25, 0.3) is 10.9 Å². The Hall–Kier alpha value is -5.98. The summed E-state index contributed by atoms with van der Waals surface area (Å²) in [6.07, 6.45) is 1.73. The summed E-state index contributed by atoms with van der Waals surface area (Å²) in [6, 6.07) is 7.91. The SMILES string of the molecule is COc1ccc2c3c([nH]c2c1)[C@H](C=C(C)C)N1C(=O)C2CCCN2C(=O)C1[C@H]3OC(=O)c1cc(O)cc(OC)c1C(=O)c1c(O)cc(C)cc1OC. The number of fused-ring (bicyclic) bond motifs is 5. The number of nitrogens with zero attached hydrogens (tertiary/aromatic N) is 2. The summed E-state index contributed by atoms with van der Waals surface area (Å²) in [4.78, 5) is 64.3. The van der Waals surface area contributed by atoms with Crippen molar-refractivity contribution in [3.8, 4) is 28.7 Å². The molecule has 2 saturated heterocycles. The number of H-pyrrole nitrogens is 1. The van der Waals surface area contributed by atoms with Crippen LogP contribution in [0.2, 0.25) is 0 Å². The number of allylic oxidation sites excluding steroid dienone is 1. The van der Waals surface area contributed by atoms with E-state index in [0.29, 0.717) is 52.9 Å². The molecule has 3 aromatic carbocycles. The topological polar surface area (TPSA) is 168 Å². The molecule has 13 nitrogen and oxygen atoms in total. The molecule has 0 saturated carbocycles. The lowest BCUT2D eigenvalue weighted by atomic mass is 9.84. The molecule has 3 aliphatic heterocycles. The molecule has 0 radical (unpaired) electrons. The highest BCUT2D eigenvalue weighted by molar-refractivity contribution is 6.19. The molecule has 4 atom stereocenters. The number of piperazine rings is 1. The Labute approximate surface area is 299 Å². The van der Waals surface area contributed by atoms with Crippen molar-refractivity contribution in [2.75, 3.05) is 27.9 Å². The fourth-order valence-corrected chi connectivity index (χ4v) is 7.84. The van der Waals surface area contributed by atoms with Gasteiger partial charge in [0.1, 0.15) is 40.4 Å². The van der Waals surface area contributed by atoms with Gasteiger partial charge in [-0.1, -0.05) is 11.6 Å². The number of aromatic nitrogens is 1. The Kier molecular flexibility index (Phi) is 8.60. The van der Waals surface area contributed by atoms with E-state index >= 15 is 0 Å². The molecular formula is C39H39N3O10. The molecule has 4 aromatic rings. The van der Waals surface area contributed by atoms with Gasteiger partial charge in [-0.05, 0) is 69.5 Å². The number of aromatic hydroxyl groups is 2. The van der Waals surface area contributed by atoms with E-state index in [1.54, 1.807) is 43.2 Å². The van der Waals surface area contributed by atoms with Crippen molar-refractivity contribution in [2.24, 2.45) is 0 Å². The van der Waals surface area contributed by atoms with Crippen LogP contribution in [0, 0.1) is 6.92 Å². The van der Waals surface area contributed by atoms with Crippen LogP contribution in [0.1, 0.15) is 81.9 Å². The molecule has 0 spiro atoms. The van der Waals surface area contributed by atoms with Crippen LogP contribution in [0.5, 0.6) is 28.7 Å². The highest BCUT2D eigenvalue weighted by atomic mass is 16.5. The molecule has 0 bridgehead atoms. The summed E-state index contributed by atoms with van der Waals surface area (Å²) in [7, 11) is 4.15. The zero-order valence-electron chi connectivity index (χ0n) is 29.6. The minimum Gasteiger partial charge on any atom is -0.508 e. The predicted molar refractivity (Wildman–Crippen MR) is 188 cm³/mol. The number of ketones is 1. The Morgan fingerprint density at radius 1 is 0.923 bits per heavy atom. The Balaban J connectivity index is 1.43. The van der Waals surface area contributed by atoms with Gasteiger partial charge in [-0.15, -0.1) is 0 Å². The van der Waals surface area contributed by atoms with Gasteiger partial charge in [-0.25, -0.2) is 4.79 Å². The van der Waals surface area contributed by atoms with Gasteiger partial charge in [0.25, 0.3) is 0 Å². The van der Waals surface area contributed by atoms with Gasteiger partial charge < -0.3 is 43.9 Å². The summed E-state index contributed by atoms with van der Waals surface area (Å²) in [5.74, 6) is -2.89. The van der Waals surface area contributed by atoms with Crippen LogP contribution in [-0.4, -0.2) is 88.5 Å². The van der Waals surface area contributed by atoms with E-state index < -0.39 is 53.0 Å². The van der Waals surface area contributed by atoms with E-state index in [2.05, 4.69) is 4.98 Å². The lowest BCUT2D eigenvalue weighted by molar-refractivity contribution is -0.168. The van der Waals surface area contributed by atoms with E-state index in [0.717, 1.165) is 17.7 Å². The average molecular weight is 710 g/mol. The number of esters is 1. The number of nitrogens with one attached hydrogen (secondary N) is 1. The zero-order chi connectivity index (χ0) is 37.2. The van der Waals surface area contributed by atoms with E-state index in [-0.39, 0.29) is 34.4 Å². The number of carbonyl (C=O) groups excluding carboxylic acids is 4. The van der Waals surface area contributed by atoms with Gasteiger partial charge in [0.05, 0.1) is 38.5 Å². The third kappa shape index (κ3) is 5.38. The maximum atomic E-state index is 14.6. The van der Waals surface area contributed by atoms with Crippen molar-refractivity contribution in [2.45, 2.75) is 57.8 Å². The lowest BCUT2D eigenvalue weighted by Crippen LogP contribution is -2.66. The first-order chi connectivity index (χ1) is 24.9. The molecule has 270 valence electrons. The van der Waals surface area contributed by atoms with Gasteiger partial charge in [0.2, 0.25) is 17.6 Å². The number of phenolic OH excluding ortho intramolecular Hbond substituents is 2. The number of rotatable bonds is 8. The number of methoxy groups -OCH3 is 3. The second kappa shape index (κ2) is 13.0. The smallest absolute Gasteiger partial charge is 0.339 e. The van der Waals surface area contributed by atoms with Gasteiger partial charge >= 0.3 is 5.97 Å². The first kappa shape index (κ1) is 34.5. The molecule has 3 N–H and O–H groups in total. The molecule has 2 fully saturated rings. The zero-order valence-corrected chi connectivity index (χ0v) is 29.6. The number of amides is 2. The predicted octanol–water partition coefficient (Wildman–Crippen LogP) is 5.27. The quantitative estimate of drug-likeness (QED) is 0.125. The second-order valence-electron chi connectivity index (χ2n) is 13.5. The average Bonchev–Trinajstić information content (AvgIpc) is 3.76. The number of hydrogen-bond acceptors (Lipinski definition) is 10. The molecule has 3 aliphatic rings. The summed E-state index contributed by atoms with van der Waals surface area (Å²) in [5, 5.41) is 22.3. The summed E-state index contributed by atoms with van der Waals surface area (Å²) >= 11 is 0. The first-order valence-corrected chi connectivity index (χ1v) is 16.9. The van der Waals surface area contributed by atoms with Crippen molar-refractivity contribution in [3.63, 3.8) is 0 Å². The first-order valence-electron chi connectivity index (χ1n) is 16.9. The normalized spacial score (nSPS) is 20.6. The molecule has 52 heavy (non-hydrogen) atoms. The maximum Gasteiger partial charge on any atom is 0.339 e. The summed E-state index contributed by atoms with van der Waals surface area (Å²) in [5.41, 5.74) is 2.27. The molecule has 7 rings (SSSR count). The molecule has 2 amide bonds. The monoisotopic (exact) mass is 709 g/mol. The Morgan fingerprint density at radius 3 is 2.35 bits per heavy atom. The van der Waals surface area contributed by atoms with Gasteiger partial charge in [0.15, 0.2) is 12.1 Å².